The molecule has 23 heavy (non-hydrogen) atoms. The number of hydrogen-bond donors (Lipinski definition) is 1. The zero-order chi connectivity index (χ0) is 17.3. The molecule has 0 aromatic heterocycles. The highest BCUT2D eigenvalue weighted by molar-refractivity contribution is 6.72. The van der Waals surface area contributed by atoms with E-state index in [0.29, 0.717) is 12.3 Å². The van der Waals surface area contributed by atoms with Crippen molar-refractivity contribution in [3.05, 3.63) is 34.9 Å². The fourth-order valence-electron chi connectivity index (χ4n) is 2.84. The maximum absolute atomic E-state index is 11.5. The van der Waals surface area contributed by atoms with Gasteiger partial charge in [-0.3, -0.25) is 4.79 Å². The zero-order valence-corrected chi connectivity index (χ0v) is 16.1. The minimum absolute atomic E-state index is 0.0757. The van der Waals surface area contributed by atoms with Crippen LogP contribution in [0.2, 0.25) is 18.1 Å². The van der Waals surface area contributed by atoms with Crippen molar-refractivity contribution in [1.82, 2.24) is 0 Å². The molecule has 1 aromatic carbocycles. The van der Waals surface area contributed by atoms with Crippen LogP contribution in [0.25, 0.3) is 0 Å². The summed E-state index contributed by atoms with van der Waals surface area (Å²) in [4.78, 5) is 22.0. The largest absolute Gasteiger partial charge is 0.469 e. The molecular weight excluding hydrogens is 304 g/mol. The predicted octanol–water partition coefficient (Wildman–Crippen LogP) is 4.19. The predicted molar refractivity (Wildman–Crippen MR) is 96.2 cm³/mol. The number of methoxy groups -OCH3 is 1. The van der Waals surface area contributed by atoms with Crippen LogP contribution in [0.4, 0.5) is 0 Å². The van der Waals surface area contributed by atoms with Crippen LogP contribution in [0.3, 0.4) is 0 Å². The number of esters is 1. The summed E-state index contributed by atoms with van der Waals surface area (Å²) in [5.74, 6) is 0.523. The summed E-state index contributed by atoms with van der Waals surface area (Å²) in [7, 11) is -0.783. The van der Waals surface area contributed by atoms with E-state index in [9.17, 15) is 9.59 Å². The van der Waals surface area contributed by atoms with Crippen LogP contribution in [-0.4, -0.2) is 26.2 Å². The molecule has 1 N–H and O–H groups in total. The summed E-state index contributed by atoms with van der Waals surface area (Å²) >= 11 is 0. The van der Waals surface area contributed by atoms with Gasteiger partial charge in [-0.15, -0.1) is 0 Å². The van der Waals surface area contributed by atoms with E-state index in [1.165, 1.54) is 36.6 Å². The summed E-state index contributed by atoms with van der Waals surface area (Å²) < 4.78 is 4.78. The molecule has 0 bridgehead atoms. The SMILES string of the molecule is COC(=O)CCc1cc(CC(C)(C)[Si](C)(C)O)ccc1C1CC1. The minimum atomic E-state index is -2.22. The van der Waals surface area contributed by atoms with E-state index < -0.39 is 8.32 Å². The Balaban J connectivity index is 2.20. The van der Waals surface area contributed by atoms with E-state index >= 15 is 0 Å². The molecule has 4 heteroatoms. The highest BCUT2D eigenvalue weighted by Crippen LogP contribution is 2.43. The Labute approximate surface area is 141 Å². The second kappa shape index (κ2) is 6.77. The number of rotatable bonds is 7. The fourth-order valence-corrected chi connectivity index (χ4v) is 3.48. The Morgan fingerprint density at radius 3 is 2.52 bits per heavy atom. The van der Waals surface area contributed by atoms with Gasteiger partial charge in [0.15, 0.2) is 8.32 Å². The van der Waals surface area contributed by atoms with Gasteiger partial charge in [0, 0.05) is 6.42 Å². The van der Waals surface area contributed by atoms with Crippen molar-refractivity contribution in [2.75, 3.05) is 7.11 Å². The van der Waals surface area contributed by atoms with Crippen LogP contribution in [-0.2, 0) is 22.4 Å². The molecule has 0 saturated heterocycles. The smallest absolute Gasteiger partial charge is 0.305 e. The van der Waals surface area contributed by atoms with Crippen molar-refractivity contribution < 1.29 is 14.3 Å². The van der Waals surface area contributed by atoms with Gasteiger partial charge in [-0.25, -0.2) is 0 Å². The van der Waals surface area contributed by atoms with Crippen molar-refractivity contribution in [3.8, 4) is 0 Å². The molecule has 0 heterocycles. The Morgan fingerprint density at radius 2 is 2.00 bits per heavy atom. The second-order valence-electron chi connectivity index (χ2n) is 8.00. The summed E-state index contributed by atoms with van der Waals surface area (Å²) in [6, 6.07) is 6.69. The molecule has 1 aliphatic rings. The van der Waals surface area contributed by atoms with Crippen molar-refractivity contribution in [3.63, 3.8) is 0 Å². The van der Waals surface area contributed by atoms with E-state index in [0.717, 1.165) is 12.8 Å². The van der Waals surface area contributed by atoms with Gasteiger partial charge in [-0.05, 0) is 66.4 Å². The quantitative estimate of drug-likeness (QED) is 0.601. The number of carbonyl (C=O) groups excluding carboxylic acids is 1. The molecule has 0 atom stereocenters. The lowest BCUT2D eigenvalue weighted by Gasteiger charge is -2.35. The van der Waals surface area contributed by atoms with Gasteiger partial charge >= 0.3 is 5.97 Å². The highest BCUT2D eigenvalue weighted by atomic mass is 28.4. The molecule has 1 saturated carbocycles. The van der Waals surface area contributed by atoms with Crippen molar-refractivity contribution in [1.29, 1.82) is 0 Å². The summed E-state index contributed by atoms with van der Waals surface area (Å²) in [6.45, 7) is 8.32. The van der Waals surface area contributed by atoms with Gasteiger partial charge in [0.25, 0.3) is 0 Å². The number of hydrogen-bond acceptors (Lipinski definition) is 3. The van der Waals surface area contributed by atoms with Crippen molar-refractivity contribution in [2.24, 2.45) is 0 Å². The van der Waals surface area contributed by atoms with Crippen LogP contribution >= 0.6 is 0 Å². The van der Waals surface area contributed by atoms with E-state index in [4.69, 9.17) is 4.74 Å². The van der Waals surface area contributed by atoms with Gasteiger partial charge in [0.05, 0.1) is 7.11 Å². The molecule has 1 fully saturated rings. The van der Waals surface area contributed by atoms with Crippen molar-refractivity contribution in [2.45, 2.75) is 70.0 Å². The third-order valence-electron chi connectivity index (χ3n) is 5.35. The molecule has 0 aliphatic heterocycles. The van der Waals surface area contributed by atoms with Gasteiger partial charge in [0.2, 0.25) is 0 Å². The highest BCUT2D eigenvalue weighted by Gasteiger charge is 2.38. The molecule has 1 aromatic rings. The van der Waals surface area contributed by atoms with Crippen LogP contribution in [0.1, 0.15) is 55.7 Å². The van der Waals surface area contributed by atoms with Crippen molar-refractivity contribution >= 4 is 14.3 Å². The van der Waals surface area contributed by atoms with Crippen LogP contribution in [0, 0.1) is 0 Å². The van der Waals surface area contributed by atoms with Gasteiger partial charge in [0.1, 0.15) is 0 Å². The zero-order valence-electron chi connectivity index (χ0n) is 15.1. The molecule has 128 valence electrons. The summed E-state index contributed by atoms with van der Waals surface area (Å²) in [6.07, 6.45) is 4.56. The third kappa shape index (κ3) is 4.67. The van der Waals surface area contributed by atoms with E-state index in [1.807, 2.05) is 13.1 Å². The maximum Gasteiger partial charge on any atom is 0.305 e. The lowest BCUT2D eigenvalue weighted by molar-refractivity contribution is -0.140. The fraction of sp³-hybridized carbons (Fsp3) is 0.632. The lowest BCUT2D eigenvalue weighted by Crippen LogP contribution is -2.40. The molecule has 0 radical (unpaired) electrons. The maximum atomic E-state index is 11.5. The van der Waals surface area contributed by atoms with E-state index in [1.54, 1.807) is 0 Å². The first kappa shape index (κ1) is 18.2. The first-order valence-corrected chi connectivity index (χ1v) is 11.5. The van der Waals surface area contributed by atoms with E-state index in [2.05, 4.69) is 32.0 Å². The van der Waals surface area contributed by atoms with Gasteiger partial charge < -0.3 is 9.53 Å². The lowest BCUT2D eigenvalue weighted by atomic mass is 9.93. The normalized spacial score (nSPS) is 15.6. The molecule has 1 aliphatic carbocycles. The number of benzene rings is 1. The molecule has 2 rings (SSSR count). The summed E-state index contributed by atoms with van der Waals surface area (Å²) in [5.41, 5.74) is 3.94. The Hall–Kier alpha value is -1.13. The minimum Gasteiger partial charge on any atom is -0.469 e. The number of aryl methyl sites for hydroxylation is 1. The summed E-state index contributed by atoms with van der Waals surface area (Å²) in [5, 5.41) is -0.0757. The standard InChI is InChI=1S/C19H30O3Si/c1-19(2,23(4,5)21)13-14-6-10-17(15-7-8-15)16(12-14)9-11-18(20)22-3/h6,10,12,15,21H,7-9,11,13H2,1-5H3. The monoisotopic (exact) mass is 334 g/mol. The van der Waals surface area contributed by atoms with Crippen LogP contribution < -0.4 is 0 Å². The molecule has 3 nitrogen and oxygen atoms in total. The first-order chi connectivity index (χ1) is 10.6. The first-order valence-electron chi connectivity index (χ1n) is 8.55. The number of ether oxygens (including phenoxy) is 1. The molecule has 0 unspecified atom stereocenters. The third-order valence-corrected chi connectivity index (χ3v) is 8.84. The Bertz CT molecular complexity index is 568. The molecule has 0 amide bonds. The number of carbonyl (C=O) groups is 1. The average Bonchev–Trinajstić information content (AvgIpc) is 3.27. The second-order valence-corrected chi connectivity index (χ2v) is 12.5. The van der Waals surface area contributed by atoms with Gasteiger partial charge in [-0.2, -0.15) is 0 Å². The topological polar surface area (TPSA) is 46.5 Å². The average molecular weight is 335 g/mol. The van der Waals surface area contributed by atoms with Gasteiger partial charge in [-0.1, -0.05) is 32.0 Å². The molecule has 0 spiro atoms. The Kier molecular flexibility index (Phi) is 5.36. The molecular formula is C19H30O3Si. The van der Waals surface area contributed by atoms with E-state index in [-0.39, 0.29) is 11.0 Å². The van der Waals surface area contributed by atoms with Crippen LogP contribution in [0.5, 0.6) is 0 Å². The Morgan fingerprint density at radius 1 is 1.35 bits per heavy atom. The van der Waals surface area contributed by atoms with Crippen LogP contribution in [0.15, 0.2) is 18.2 Å².